The van der Waals surface area contributed by atoms with E-state index in [2.05, 4.69) is 20.8 Å². The minimum absolute atomic E-state index is 0.0194. The molecule has 2 radical (unpaired) electrons. The van der Waals surface area contributed by atoms with Crippen molar-refractivity contribution in [2.45, 2.75) is 75.2 Å². The highest BCUT2D eigenvalue weighted by Crippen LogP contribution is 2.53. The summed E-state index contributed by atoms with van der Waals surface area (Å²) in [5.41, 5.74) is -2.71. The van der Waals surface area contributed by atoms with E-state index in [1.54, 1.807) is 0 Å². The lowest BCUT2D eigenvalue weighted by Crippen LogP contribution is -2.52. The molecule has 0 amide bonds. The van der Waals surface area contributed by atoms with Crippen molar-refractivity contribution < 1.29 is 19.1 Å². The summed E-state index contributed by atoms with van der Waals surface area (Å²) in [4.78, 5) is 37.0. The number of carbonyl (C=O) groups excluding carboxylic acids is 3. The predicted molar refractivity (Wildman–Crippen MR) is 110 cm³/mol. The minimum atomic E-state index is -0.839. The van der Waals surface area contributed by atoms with Crippen LogP contribution in [0.5, 0.6) is 0 Å². The van der Waals surface area contributed by atoms with Crippen LogP contribution in [-0.4, -0.2) is 32.9 Å². The topological polar surface area (TPSA) is 60.4 Å². The Kier molecular flexibility index (Phi) is 8.99. The molecule has 0 aromatic rings. The molecule has 0 N–H and O–H groups in total. The van der Waals surface area contributed by atoms with Crippen molar-refractivity contribution in [3.63, 3.8) is 0 Å². The highest BCUT2D eigenvalue weighted by molar-refractivity contribution is 6.59. The smallest absolute Gasteiger partial charge is 0.311 e. The molecule has 4 nitrogen and oxygen atoms in total. The summed E-state index contributed by atoms with van der Waals surface area (Å²) in [5, 5.41) is 0. The molecule has 0 rings (SSSR count). The average Bonchev–Trinajstić information content (AvgIpc) is 2.58. The van der Waals surface area contributed by atoms with E-state index in [0.717, 1.165) is 6.29 Å². The maximum atomic E-state index is 12.6. The van der Waals surface area contributed by atoms with Gasteiger partial charge in [0.1, 0.15) is 6.29 Å². The van der Waals surface area contributed by atoms with Gasteiger partial charge in [-0.2, -0.15) is 0 Å². The summed E-state index contributed by atoms with van der Waals surface area (Å²) < 4.78 is 4.90. The Morgan fingerprint density at radius 3 is 1.78 bits per heavy atom. The maximum Gasteiger partial charge on any atom is 0.311 e. The monoisotopic (exact) mass is 378 g/mol. The van der Waals surface area contributed by atoms with Gasteiger partial charge in [-0.05, 0) is 50.4 Å². The molecule has 5 heteroatoms. The zero-order chi connectivity index (χ0) is 21.8. The second-order valence-corrected chi connectivity index (χ2v) is 9.88. The fourth-order valence-electron chi connectivity index (χ4n) is 4.26. The molecule has 0 spiro atoms. The van der Waals surface area contributed by atoms with Gasteiger partial charge in [0, 0.05) is 10.8 Å². The molecule has 0 aliphatic heterocycles. The first kappa shape index (κ1) is 25.9. The van der Waals surface area contributed by atoms with Crippen molar-refractivity contribution in [3.8, 4) is 0 Å². The van der Waals surface area contributed by atoms with E-state index >= 15 is 0 Å². The predicted octanol–water partition coefficient (Wildman–Crippen LogP) is 4.44. The second kappa shape index (κ2) is 9.38. The van der Waals surface area contributed by atoms with E-state index in [4.69, 9.17) is 12.6 Å². The first-order chi connectivity index (χ1) is 12.1. The molecule has 27 heavy (non-hydrogen) atoms. The standard InChI is InChI=1S/C22H39BO4/c1-14(2)16(5)17(22(9,15(3)4)18(23)25)21(8,13-24)12-11-20(6,7)19(26)27-10/h13-17H,11-12H2,1-10H3. The molecule has 0 saturated heterocycles. The molecular weight excluding hydrogens is 339 g/mol. The first-order valence-electron chi connectivity index (χ1n) is 9.96. The summed E-state index contributed by atoms with van der Waals surface area (Å²) >= 11 is 0. The molecule has 0 fully saturated rings. The molecule has 0 bridgehead atoms. The van der Waals surface area contributed by atoms with Crippen LogP contribution in [0.3, 0.4) is 0 Å². The highest BCUT2D eigenvalue weighted by Gasteiger charge is 2.53. The Morgan fingerprint density at radius 1 is 1.00 bits per heavy atom. The van der Waals surface area contributed by atoms with E-state index in [-0.39, 0.29) is 35.3 Å². The fraction of sp³-hybridized carbons (Fsp3) is 0.864. The maximum absolute atomic E-state index is 12.6. The molecule has 0 heterocycles. The molecule has 0 aromatic heterocycles. The number of hydrogen-bond acceptors (Lipinski definition) is 4. The van der Waals surface area contributed by atoms with E-state index in [0.29, 0.717) is 12.8 Å². The normalized spacial score (nSPS) is 19.1. The molecule has 0 saturated carbocycles. The van der Waals surface area contributed by atoms with Crippen LogP contribution in [0.2, 0.25) is 0 Å². The van der Waals surface area contributed by atoms with Gasteiger partial charge in [-0.3, -0.25) is 4.79 Å². The SMILES string of the molecule is [B]C(=O)C(C)(C(C)C)C(C(C)C(C)C)C(C)(C=O)CCC(C)(C)C(=O)OC. The van der Waals surface area contributed by atoms with Crippen molar-refractivity contribution in [2.75, 3.05) is 7.11 Å². The van der Waals surface area contributed by atoms with Crippen molar-refractivity contribution >= 4 is 25.8 Å². The van der Waals surface area contributed by atoms with Gasteiger partial charge in [0.05, 0.1) is 18.2 Å². The number of aldehydes is 1. The quantitative estimate of drug-likeness (QED) is 0.303. The third kappa shape index (κ3) is 5.45. The third-order valence-corrected chi connectivity index (χ3v) is 6.96. The van der Waals surface area contributed by atoms with Crippen LogP contribution in [0.1, 0.15) is 75.2 Å². The van der Waals surface area contributed by atoms with Gasteiger partial charge < -0.3 is 14.3 Å². The van der Waals surface area contributed by atoms with E-state index in [1.165, 1.54) is 7.11 Å². The summed E-state index contributed by atoms with van der Waals surface area (Å²) in [6.45, 7) is 17.7. The van der Waals surface area contributed by atoms with E-state index in [9.17, 15) is 14.4 Å². The molecule has 0 aromatic carbocycles. The van der Waals surface area contributed by atoms with E-state index in [1.807, 2.05) is 41.5 Å². The zero-order valence-electron chi connectivity index (χ0n) is 19.0. The van der Waals surface area contributed by atoms with Crippen LogP contribution in [0, 0.1) is 39.9 Å². The highest BCUT2D eigenvalue weighted by atomic mass is 16.5. The summed E-state index contributed by atoms with van der Waals surface area (Å²) in [6.07, 6.45) is 1.94. The van der Waals surface area contributed by atoms with Crippen molar-refractivity contribution in [3.05, 3.63) is 0 Å². The van der Waals surface area contributed by atoms with Gasteiger partial charge in [0.25, 0.3) is 0 Å². The van der Waals surface area contributed by atoms with Crippen molar-refractivity contribution in [1.29, 1.82) is 0 Å². The number of esters is 1. The Balaban J connectivity index is 6.22. The van der Waals surface area contributed by atoms with Crippen LogP contribution in [-0.2, 0) is 19.1 Å². The molecule has 0 aliphatic carbocycles. The van der Waals surface area contributed by atoms with Gasteiger partial charge in [0.2, 0.25) is 0 Å². The second-order valence-electron chi connectivity index (χ2n) is 9.88. The number of hydrogen-bond donors (Lipinski definition) is 0. The molecule has 4 atom stereocenters. The van der Waals surface area contributed by atoms with Crippen LogP contribution in [0.4, 0.5) is 0 Å². The molecule has 4 unspecified atom stereocenters. The lowest BCUT2D eigenvalue weighted by Gasteiger charge is -2.51. The van der Waals surface area contributed by atoms with Crippen LogP contribution >= 0.6 is 0 Å². The van der Waals surface area contributed by atoms with Crippen LogP contribution in [0.25, 0.3) is 0 Å². The molecule has 154 valence electrons. The summed E-state index contributed by atoms with van der Waals surface area (Å²) in [7, 11) is 7.26. The Morgan fingerprint density at radius 2 is 1.48 bits per heavy atom. The minimum Gasteiger partial charge on any atom is -0.469 e. The number of methoxy groups -OCH3 is 1. The number of rotatable bonds is 11. The summed E-state index contributed by atoms with van der Waals surface area (Å²) in [6, 6.07) is 0. The first-order valence-corrected chi connectivity index (χ1v) is 9.96. The van der Waals surface area contributed by atoms with Crippen molar-refractivity contribution in [2.24, 2.45) is 39.9 Å². The average molecular weight is 378 g/mol. The lowest BCUT2D eigenvalue weighted by atomic mass is 9.49. The third-order valence-electron chi connectivity index (χ3n) is 6.96. The Bertz CT molecular complexity index is 540. The Hall–Kier alpha value is -1.13. The fourth-order valence-corrected chi connectivity index (χ4v) is 4.26. The largest absolute Gasteiger partial charge is 0.469 e. The van der Waals surface area contributed by atoms with Gasteiger partial charge in [-0.1, -0.05) is 48.5 Å². The van der Waals surface area contributed by atoms with Crippen LogP contribution < -0.4 is 0 Å². The van der Waals surface area contributed by atoms with Crippen LogP contribution in [0.15, 0.2) is 0 Å². The number of ether oxygens (including phenoxy) is 1. The molecular formula is C22H39BO4. The van der Waals surface area contributed by atoms with Gasteiger partial charge in [0.15, 0.2) is 7.85 Å². The number of carbonyl (C=O) groups is 3. The summed E-state index contributed by atoms with van der Waals surface area (Å²) in [5.74, 6) is -0.185. The molecule has 0 aliphatic rings. The lowest BCUT2D eigenvalue weighted by molar-refractivity contribution is -0.153. The van der Waals surface area contributed by atoms with Gasteiger partial charge in [-0.25, -0.2) is 0 Å². The van der Waals surface area contributed by atoms with Gasteiger partial charge >= 0.3 is 5.97 Å². The van der Waals surface area contributed by atoms with Gasteiger partial charge in [-0.15, -0.1) is 0 Å². The zero-order valence-corrected chi connectivity index (χ0v) is 19.0. The van der Waals surface area contributed by atoms with E-state index < -0.39 is 16.2 Å². The van der Waals surface area contributed by atoms with Crippen molar-refractivity contribution in [1.82, 2.24) is 0 Å². The Labute approximate surface area is 167 Å².